The number of aromatic nitrogens is 2. The predicted octanol–water partition coefficient (Wildman–Crippen LogP) is 2.48. The molecule has 0 bridgehead atoms. The number of nitrogens with zero attached hydrogens (tertiary/aromatic N) is 2. The van der Waals surface area contributed by atoms with E-state index >= 15 is 0 Å². The zero-order chi connectivity index (χ0) is 10.1. The van der Waals surface area contributed by atoms with E-state index in [-0.39, 0.29) is 11.6 Å². The van der Waals surface area contributed by atoms with Gasteiger partial charge in [-0.2, -0.15) is 5.10 Å². The van der Waals surface area contributed by atoms with Crippen LogP contribution in [0.25, 0.3) is 5.69 Å². The van der Waals surface area contributed by atoms with Crippen molar-refractivity contribution in [1.29, 1.82) is 0 Å². The first kappa shape index (κ1) is 9.21. The number of halogens is 2. The molecule has 0 radical (unpaired) electrons. The highest BCUT2D eigenvalue weighted by Crippen LogP contribution is 2.25. The summed E-state index contributed by atoms with van der Waals surface area (Å²) in [5.41, 5.74) is 0.553. The molecular formula is C9H6BrFN2O. The lowest BCUT2D eigenvalue weighted by molar-refractivity contribution is 0.471. The number of rotatable bonds is 1. The predicted molar refractivity (Wildman–Crippen MR) is 52.9 cm³/mol. The van der Waals surface area contributed by atoms with E-state index in [2.05, 4.69) is 21.0 Å². The van der Waals surface area contributed by atoms with Gasteiger partial charge >= 0.3 is 0 Å². The van der Waals surface area contributed by atoms with Crippen molar-refractivity contribution in [2.24, 2.45) is 0 Å². The monoisotopic (exact) mass is 256 g/mol. The molecular weight excluding hydrogens is 251 g/mol. The van der Waals surface area contributed by atoms with Crippen LogP contribution in [0.1, 0.15) is 0 Å². The normalized spacial score (nSPS) is 10.4. The van der Waals surface area contributed by atoms with Gasteiger partial charge in [-0.15, -0.1) is 0 Å². The number of aromatic hydroxyl groups is 1. The van der Waals surface area contributed by atoms with Crippen LogP contribution in [0.4, 0.5) is 4.39 Å². The second-order valence-electron chi connectivity index (χ2n) is 2.71. The summed E-state index contributed by atoms with van der Waals surface area (Å²) in [5, 5.41) is 13.1. The van der Waals surface area contributed by atoms with Gasteiger partial charge in [-0.25, -0.2) is 9.07 Å². The molecule has 1 aromatic carbocycles. The minimum Gasteiger partial charge on any atom is -0.504 e. The molecule has 0 aliphatic rings. The standard InChI is InChI=1S/C9H6BrFN2O/c10-9-8(14)5-12-13(9)7-3-1-2-6(11)4-7/h1-5,14H. The minimum atomic E-state index is -0.343. The molecule has 0 spiro atoms. The second-order valence-corrected chi connectivity index (χ2v) is 3.46. The fourth-order valence-corrected chi connectivity index (χ4v) is 1.51. The van der Waals surface area contributed by atoms with Crippen LogP contribution in [0.5, 0.6) is 5.75 Å². The van der Waals surface area contributed by atoms with E-state index in [1.54, 1.807) is 12.1 Å². The van der Waals surface area contributed by atoms with E-state index in [4.69, 9.17) is 0 Å². The lowest BCUT2D eigenvalue weighted by Gasteiger charge is -2.02. The fraction of sp³-hybridized carbons (Fsp3) is 0. The average molecular weight is 257 g/mol. The molecule has 1 aromatic heterocycles. The summed E-state index contributed by atoms with van der Waals surface area (Å²) in [6.45, 7) is 0. The van der Waals surface area contributed by atoms with Crippen molar-refractivity contribution in [2.45, 2.75) is 0 Å². The van der Waals surface area contributed by atoms with Crippen molar-refractivity contribution >= 4 is 15.9 Å². The van der Waals surface area contributed by atoms with Gasteiger partial charge in [-0.05, 0) is 34.1 Å². The Kier molecular flexibility index (Phi) is 2.25. The third-order valence-corrected chi connectivity index (χ3v) is 2.49. The Morgan fingerprint density at radius 2 is 2.21 bits per heavy atom. The highest BCUT2D eigenvalue weighted by Gasteiger charge is 2.08. The first-order chi connectivity index (χ1) is 6.68. The van der Waals surface area contributed by atoms with E-state index in [9.17, 15) is 9.50 Å². The number of hydrogen-bond donors (Lipinski definition) is 1. The van der Waals surface area contributed by atoms with Gasteiger partial charge in [-0.1, -0.05) is 6.07 Å². The second kappa shape index (κ2) is 3.42. The lowest BCUT2D eigenvalue weighted by Crippen LogP contribution is -1.96. The van der Waals surface area contributed by atoms with Crippen LogP contribution in [-0.2, 0) is 0 Å². The van der Waals surface area contributed by atoms with Crippen LogP contribution >= 0.6 is 15.9 Å². The summed E-state index contributed by atoms with van der Waals surface area (Å²) < 4.78 is 14.7. The molecule has 0 fully saturated rings. The Balaban J connectivity index is 2.55. The molecule has 0 atom stereocenters. The topological polar surface area (TPSA) is 38.1 Å². The SMILES string of the molecule is Oc1cnn(-c2cccc(F)c2)c1Br. The molecule has 0 saturated carbocycles. The van der Waals surface area contributed by atoms with Crippen molar-refractivity contribution in [3.63, 3.8) is 0 Å². The Morgan fingerprint density at radius 1 is 1.43 bits per heavy atom. The molecule has 1 N–H and O–H groups in total. The van der Waals surface area contributed by atoms with Crippen LogP contribution in [0.15, 0.2) is 35.1 Å². The smallest absolute Gasteiger partial charge is 0.168 e. The minimum absolute atomic E-state index is 0.0225. The molecule has 0 saturated heterocycles. The molecule has 2 rings (SSSR count). The first-order valence-corrected chi connectivity index (χ1v) is 4.66. The zero-order valence-corrected chi connectivity index (χ0v) is 8.57. The molecule has 0 aliphatic carbocycles. The van der Waals surface area contributed by atoms with Crippen LogP contribution in [0, 0.1) is 5.82 Å². The van der Waals surface area contributed by atoms with E-state index < -0.39 is 0 Å². The van der Waals surface area contributed by atoms with E-state index in [0.29, 0.717) is 10.3 Å². The summed E-state index contributed by atoms with van der Waals surface area (Å²) in [5.74, 6) is -0.321. The lowest BCUT2D eigenvalue weighted by atomic mass is 10.3. The molecule has 14 heavy (non-hydrogen) atoms. The van der Waals surface area contributed by atoms with Gasteiger partial charge in [0.1, 0.15) is 5.82 Å². The maximum atomic E-state index is 12.9. The molecule has 0 amide bonds. The Hall–Kier alpha value is -1.36. The summed E-state index contributed by atoms with van der Waals surface area (Å²) in [6.07, 6.45) is 1.29. The molecule has 72 valence electrons. The van der Waals surface area contributed by atoms with Gasteiger partial charge in [0, 0.05) is 0 Å². The van der Waals surface area contributed by atoms with Gasteiger partial charge < -0.3 is 5.11 Å². The molecule has 2 aromatic rings. The van der Waals surface area contributed by atoms with Crippen molar-refractivity contribution in [3.8, 4) is 11.4 Å². The van der Waals surface area contributed by atoms with E-state index in [1.807, 2.05) is 0 Å². The third kappa shape index (κ3) is 1.50. The fourth-order valence-electron chi connectivity index (χ4n) is 1.11. The zero-order valence-electron chi connectivity index (χ0n) is 6.98. The van der Waals surface area contributed by atoms with Gasteiger partial charge in [0.2, 0.25) is 0 Å². The largest absolute Gasteiger partial charge is 0.504 e. The maximum Gasteiger partial charge on any atom is 0.168 e. The molecule has 0 unspecified atom stereocenters. The van der Waals surface area contributed by atoms with Crippen LogP contribution in [0.3, 0.4) is 0 Å². The Bertz CT molecular complexity index is 470. The molecule has 3 nitrogen and oxygen atoms in total. The summed E-state index contributed by atoms with van der Waals surface area (Å²) in [4.78, 5) is 0. The van der Waals surface area contributed by atoms with Crippen molar-refractivity contribution < 1.29 is 9.50 Å². The van der Waals surface area contributed by atoms with Gasteiger partial charge in [0.05, 0.1) is 11.9 Å². The molecule has 0 aliphatic heterocycles. The van der Waals surface area contributed by atoms with Crippen molar-refractivity contribution in [1.82, 2.24) is 9.78 Å². The number of hydrogen-bond acceptors (Lipinski definition) is 2. The van der Waals surface area contributed by atoms with Crippen LogP contribution < -0.4 is 0 Å². The first-order valence-electron chi connectivity index (χ1n) is 3.87. The Morgan fingerprint density at radius 3 is 2.79 bits per heavy atom. The van der Waals surface area contributed by atoms with Gasteiger partial charge in [-0.3, -0.25) is 0 Å². The highest BCUT2D eigenvalue weighted by atomic mass is 79.9. The average Bonchev–Trinajstić information content (AvgIpc) is 2.48. The summed E-state index contributed by atoms with van der Waals surface area (Å²) in [7, 11) is 0. The maximum absolute atomic E-state index is 12.9. The van der Waals surface area contributed by atoms with Crippen LogP contribution in [-0.4, -0.2) is 14.9 Å². The summed E-state index contributed by atoms with van der Waals surface area (Å²) in [6, 6.07) is 5.95. The molecule has 5 heteroatoms. The Labute approximate surface area is 87.9 Å². The van der Waals surface area contributed by atoms with Crippen molar-refractivity contribution in [3.05, 3.63) is 40.9 Å². The number of benzene rings is 1. The third-order valence-electron chi connectivity index (χ3n) is 1.75. The van der Waals surface area contributed by atoms with Gasteiger partial charge in [0.25, 0.3) is 0 Å². The van der Waals surface area contributed by atoms with Crippen molar-refractivity contribution in [2.75, 3.05) is 0 Å². The molecule has 1 heterocycles. The van der Waals surface area contributed by atoms with Gasteiger partial charge in [0.15, 0.2) is 10.4 Å². The highest BCUT2D eigenvalue weighted by molar-refractivity contribution is 9.10. The van der Waals surface area contributed by atoms with Crippen LogP contribution in [0.2, 0.25) is 0 Å². The summed E-state index contributed by atoms with van der Waals surface area (Å²) >= 11 is 3.14. The quantitative estimate of drug-likeness (QED) is 0.852. The van der Waals surface area contributed by atoms with E-state index in [0.717, 1.165) is 0 Å². The van der Waals surface area contributed by atoms with E-state index in [1.165, 1.54) is 23.0 Å².